The van der Waals surface area contributed by atoms with E-state index in [0.717, 1.165) is 17.0 Å². The number of methoxy groups -OCH3 is 1. The van der Waals surface area contributed by atoms with E-state index in [2.05, 4.69) is 15.5 Å². The Labute approximate surface area is 129 Å². The lowest BCUT2D eigenvalue weighted by Gasteiger charge is -2.06. The molecule has 1 amide bonds. The van der Waals surface area contributed by atoms with Gasteiger partial charge in [0, 0.05) is 11.6 Å². The Kier molecular flexibility index (Phi) is 5.55. The van der Waals surface area contributed by atoms with Gasteiger partial charge in [0.05, 0.1) is 31.9 Å². The molecule has 1 aromatic carbocycles. The van der Waals surface area contributed by atoms with Crippen molar-refractivity contribution in [2.24, 2.45) is 0 Å². The maximum absolute atomic E-state index is 11.8. The molecule has 22 heavy (non-hydrogen) atoms. The van der Waals surface area contributed by atoms with Gasteiger partial charge in [0.15, 0.2) is 5.82 Å². The van der Waals surface area contributed by atoms with E-state index in [-0.39, 0.29) is 12.0 Å². The first-order chi connectivity index (χ1) is 10.6. The number of carbonyl (C=O) groups excluding carboxylic acids is 1. The van der Waals surface area contributed by atoms with Crippen molar-refractivity contribution in [3.63, 3.8) is 0 Å². The second kappa shape index (κ2) is 7.61. The molecule has 0 saturated carbocycles. The number of benzene rings is 1. The molecule has 6 heteroatoms. The highest BCUT2D eigenvalue weighted by Crippen LogP contribution is 2.29. The van der Waals surface area contributed by atoms with Crippen LogP contribution in [0.2, 0.25) is 0 Å². The van der Waals surface area contributed by atoms with Crippen molar-refractivity contribution in [2.75, 3.05) is 19.0 Å². The van der Waals surface area contributed by atoms with Crippen LogP contribution < -0.4 is 10.1 Å². The molecular formula is C16H21N3O3. The molecule has 2 N–H and O–H groups in total. The minimum absolute atomic E-state index is 0.121. The zero-order valence-electron chi connectivity index (χ0n) is 13.1. The fourth-order valence-electron chi connectivity index (χ4n) is 1.98. The highest BCUT2D eigenvalue weighted by Gasteiger charge is 2.10. The number of amides is 1. The van der Waals surface area contributed by atoms with Crippen molar-refractivity contribution in [3.8, 4) is 17.0 Å². The van der Waals surface area contributed by atoms with E-state index in [4.69, 9.17) is 9.47 Å². The number of aromatic amines is 1. The maximum Gasteiger partial charge on any atom is 0.227 e. The number of rotatable bonds is 7. The molecule has 6 nitrogen and oxygen atoms in total. The summed E-state index contributed by atoms with van der Waals surface area (Å²) in [6, 6.07) is 9.39. The largest absolute Gasteiger partial charge is 0.496 e. The van der Waals surface area contributed by atoms with Crippen molar-refractivity contribution >= 4 is 11.7 Å². The standard InChI is InChI=1S/C16H21N3O3/c1-11(2)22-9-8-16(20)17-15-10-13(18-19-15)12-6-4-5-7-14(12)21-3/h4-7,10-11H,8-9H2,1-3H3,(H2,17,18,19,20). The van der Waals surface area contributed by atoms with Crippen LogP contribution in [0.3, 0.4) is 0 Å². The average molecular weight is 303 g/mol. The molecule has 1 aromatic heterocycles. The molecule has 0 aliphatic rings. The second-order valence-electron chi connectivity index (χ2n) is 5.08. The first-order valence-electron chi connectivity index (χ1n) is 7.20. The molecule has 2 rings (SSSR count). The summed E-state index contributed by atoms with van der Waals surface area (Å²) in [7, 11) is 1.62. The highest BCUT2D eigenvalue weighted by atomic mass is 16.5. The molecule has 0 fully saturated rings. The van der Waals surface area contributed by atoms with Gasteiger partial charge >= 0.3 is 0 Å². The van der Waals surface area contributed by atoms with Gasteiger partial charge in [-0.3, -0.25) is 9.89 Å². The summed E-state index contributed by atoms with van der Waals surface area (Å²) in [6.45, 7) is 4.27. The summed E-state index contributed by atoms with van der Waals surface area (Å²) in [6.07, 6.45) is 0.421. The van der Waals surface area contributed by atoms with Gasteiger partial charge in [-0.2, -0.15) is 5.10 Å². The minimum atomic E-state index is -0.126. The SMILES string of the molecule is COc1ccccc1-c1cc(NC(=O)CCOC(C)C)n[nH]1. The molecule has 0 aliphatic heterocycles. The lowest BCUT2D eigenvalue weighted by molar-refractivity contribution is -0.117. The number of hydrogen-bond donors (Lipinski definition) is 2. The molecule has 1 heterocycles. The Morgan fingerprint density at radius 1 is 1.36 bits per heavy atom. The summed E-state index contributed by atoms with van der Waals surface area (Å²) in [5, 5.41) is 9.74. The van der Waals surface area contributed by atoms with E-state index in [1.165, 1.54) is 0 Å². The van der Waals surface area contributed by atoms with Gasteiger partial charge in [-0.15, -0.1) is 0 Å². The maximum atomic E-state index is 11.8. The summed E-state index contributed by atoms with van der Waals surface area (Å²) in [5.41, 5.74) is 1.67. The molecule has 0 unspecified atom stereocenters. The zero-order valence-corrected chi connectivity index (χ0v) is 13.1. The molecule has 0 bridgehead atoms. The Hall–Kier alpha value is -2.34. The Morgan fingerprint density at radius 2 is 2.14 bits per heavy atom. The number of aromatic nitrogens is 2. The van der Waals surface area contributed by atoms with Gasteiger partial charge in [0.2, 0.25) is 5.91 Å². The number of anilines is 1. The summed E-state index contributed by atoms with van der Waals surface area (Å²) < 4.78 is 10.7. The van der Waals surface area contributed by atoms with Crippen LogP contribution in [0.25, 0.3) is 11.3 Å². The number of H-pyrrole nitrogens is 1. The van der Waals surface area contributed by atoms with Crippen LogP contribution in [-0.2, 0) is 9.53 Å². The molecule has 0 saturated heterocycles. The Balaban J connectivity index is 1.98. The monoisotopic (exact) mass is 303 g/mol. The first kappa shape index (κ1) is 16.0. The lowest BCUT2D eigenvalue weighted by atomic mass is 10.1. The summed E-state index contributed by atoms with van der Waals surface area (Å²) in [5.74, 6) is 1.10. The van der Waals surface area contributed by atoms with Crippen LogP contribution in [0.15, 0.2) is 30.3 Å². The first-order valence-corrected chi connectivity index (χ1v) is 7.20. The predicted molar refractivity (Wildman–Crippen MR) is 84.9 cm³/mol. The van der Waals surface area contributed by atoms with Gasteiger partial charge in [0.1, 0.15) is 5.75 Å². The number of nitrogens with zero attached hydrogens (tertiary/aromatic N) is 1. The van der Waals surface area contributed by atoms with Crippen LogP contribution in [0.1, 0.15) is 20.3 Å². The van der Waals surface area contributed by atoms with Crippen LogP contribution in [0, 0.1) is 0 Å². The fourth-order valence-corrected chi connectivity index (χ4v) is 1.98. The normalized spacial score (nSPS) is 10.7. The van der Waals surface area contributed by atoms with E-state index in [9.17, 15) is 4.79 Å². The van der Waals surface area contributed by atoms with Crippen molar-refractivity contribution in [1.29, 1.82) is 0 Å². The number of nitrogens with one attached hydrogen (secondary N) is 2. The summed E-state index contributed by atoms with van der Waals surface area (Å²) in [4.78, 5) is 11.8. The van der Waals surface area contributed by atoms with E-state index in [1.54, 1.807) is 13.2 Å². The van der Waals surface area contributed by atoms with Crippen molar-refractivity contribution < 1.29 is 14.3 Å². The van der Waals surface area contributed by atoms with E-state index in [1.807, 2.05) is 38.1 Å². The molecular weight excluding hydrogens is 282 g/mol. The number of carbonyl (C=O) groups is 1. The van der Waals surface area contributed by atoms with Crippen LogP contribution in [0.4, 0.5) is 5.82 Å². The Bertz CT molecular complexity index is 623. The van der Waals surface area contributed by atoms with E-state index >= 15 is 0 Å². The number of para-hydroxylation sites is 1. The number of ether oxygens (including phenoxy) is 2. The quantitative estimate of drug-likeness (QED) is 0.824. The van der Waals surface area contributed by atoms with Crippen LogP contribution >= 0.6 is 0 Å². The number of hydrogen-bond acceptors (Lipinski definition) is 4. The average Bonchev–Trinajstić information content (AvgIpc) is 2.95. The third-order valence-electron chi connectivity index (χ3n) is 3.02. The Morgan fingerprint density at radius 3 is 2.86 bits per heavy atom. The van der Waals surface area contributed by atoms with Gasteiger partial charge < -0.3 is 14.8 Å². The van der Waals surface area contributed by atoms with E-state index < -0.39 is 0 Å². The van der Waals surface area contributed by atoms with Crippen molar-refractivity contribution in [2.45, 2.75) is 26.4 Å². The highest BCUT2D eigenvalue weighted by molar-refractivity contribution is 5.90. The fraction of sp³-hybridized carbons (Fsp3) is 0.375. The third-order valence-corrected chi connectivity index (χ3v) is 3.02. The predicted octanol–water partition coefficient (Wildman–Crippen LogP) is 2.84. The molecule has 2 aromatic rings. The summed E-state index contributed by atoms with van der Waals surface area (Å²) >= 11 is 0. The molecule has 0 radical (unpaired) electrons. The minimum Gasteiger partial charge on any atom is -0.496 e. The van der Waals surface area contributed by atoms with E-state index in [0.29, 0.717) is 18.8 Å². The lowest BCUT2D eigenvalue weighted by Crippen LogP contribution is -2.16. The molecule has 0 aliphatic carbocycles. The van der Waals surface area contributed by atoms with Crippen molar-refractivity contribution in [1.82, 2.24) is 10.2 Å². The van der Waals surface area contributed by atoms with Crippen LogP contribution in [0.5, 0.6) is 5.75 Å². The van der Waals surface area contributed by atoms with Gasteiger partial charge in [-0.1, -0.05) is 12.1 Å². The van der Waals surface area contributed by atoms with Gasteiger partial charge in [-0.25, -0.2) is 0 Å². The zero-order chi connectivity index (χ0) is 15.9. The van der Waals surface area contributed by atoms with Crippen molar-refractivity contribution in [3.05, 3.63) is 30.3 Å². The second-order valence-corrected chi connectivity index (χ2v) is 5.08. The van der Waals surface area contributed by atoms with Crippen LogP contribution in [-0.4, -0.2) is 35.9 Å². The topological polar surface area (TPSA) is 76.2 Å². The molecule has 0 atom stereocenters. The van der Waals surface area contributed by atoms with Gasteiger partial charge in [0.25, 0.3) is 0 Å². The molecule has 118 valence electrons. The third kappa shape index (κ3) is 4.33. The smallest absolute Gasteiger partial charge is 0.227 e. The molecule has 0 spiro atoms. The van der Waals surface area contributed by atoms with Gasteiger partial charge in [-0.05, 0) is 26.0 Å².